The molecule has 2 aliphatic heterocycles. The molecule has 2 fully saturated rings. The van der Waals surface area contributed by atoms with Crippen LogP contribution in [-0.4, -0.2) is 42.9 Å². The molecule has 3 heterocycles. The van der Waals surface area contributed by atoms with Crippen molar-refractivity contribution in [2.75, 3.05) is 26.3 Å². The molecule has 0 saturated carbocycles. The van der Waals surface area contributed by atoms with Gasteiger partial charge in [0.1, 0.15) is 0 Å². The summed E-state index contributed by atoms with van der Waals surface area (Å²) in [6.07, 6.45) is 2.08. The number of aryl methyl sites for hydroxylation is 1. The summed E-state index contributed by atoms with van der Waals surface area (Å²) in [6, 6.07) is 2.00. The van der Waals surface area contributed by atoms with E-state index in [2.05, 4.69) is 0 Å². The van der Waals surface area contributed by atoms with Crippen LogP contribution in [0.15, 0.2) is 11.4 Å². The quantitative estimate of drug-likeness (QED) is 0.842. The number of rotatable bonds is 2. The van der Waals surface area contributed by atoms with E-state index >= 15 is 0 Å². The average Bonchev–Trinajstić information content (AvgIpc) is 3.08. The van der Waals surface area contributed by atoms with E-state index in [9.17, 15) is 4.79 Å². The molecule has 5 heteroatoms. The summed E-state index contributed by atoms with van der Waals surface area (Å²) in [5.74, 6) is -0.0875. The zero-order chi connectivity index (χ0) is 14.2. The molecule has 0 N–H and O–H groups in total. The predicted molar refractivity (Wildman–Crippen MR) is 78.0 cm³/mol. The summed E-state index contributed by atoms with van der Waals surface area (Å²) in [4.78, 5) is 15.4. The Hall–Kier alpha value is -0.910. The average molecular weight is 295 g/mol. The van der Waals surface area contributed by atoms with Gasteiger partial charge < -0.3 is 14.4 Å². The Morgan fingerprint density at radius 3 is 2.85 bits per heavy atom. The zero-order valence-corrected chi connectivity index (χ0v) is 12.9. The van der Waals surface area contributed by atoms with E-state index in [4.69, 9.17) is 9.47 Å². The fourth-order valence-corrected chi connectivity index (χ4v) is 3.98. The number of nitrogens with zero attached hydrogens (tertiary/aromatic N) is 1. The fraction of sp³-hybridized carbons (Fsp3) is 0.667. The lowest BCUT2D eigenvalue weighted by Gasteiger charge is -2.39. The lowest BCUT2D eigenvalue weighted by atomic mass is 9.90. The summed E-state index contributed by atoms with van der Waals surface area (Å²) in [7, 11) is 0. The minimum Gasteiger partial charge on any atom is -0.347 e. The molecule has 1 atom stereocenters. The molecule has 2 aliphatic rings. The second-order valence-electron chi connectivity index (χ2n) is 5.74. The molecular weight excluding hydrogens is 274 g/mol. The maximum Gasteiger partial charge on any atom is 0.264 e. The molecule has 1 amide bonds. The maximum atomic E-state index is 12.6. The van der Waals surface area contributed by atoms with Crippen molar-refractivity contribution >= 4 is 17.2 Å². The molecule has 1 aromatic rings. The number of carbonyl (C=O) groups is 1. The monoisotopic (exact) mass is 295 g/mol. The van der Waals surface area contributed by atoms with E-state index < -0.39 is 5.79 Å². The topological polar surface area (TPSA) is 38.8 Å². The molecule has 0 bridgehead atoms. The van der Waals surface area contributed by atoms with Gasteiger partial charge in [0.15, 0.2) is 5.79 Å². The lowest BCUT2D eigenvalue weighted by molar-refractivity contribution is -0.189. The largest absolute Gasteiger partial charge is 0.347 e. The first-order valence-electron chi connectivity index (χ1n) is 7.21. The highest BCUT2D eigenvalue weighted by Gasteiger charge is 2.42. The van der Waals surface area contributed by atoms with Crippen molar-refractivity contribution in [2.45, 2.75) is 32.5 Å². The number of hydrogen-bond acceptors (Lipinski definition) is 4. The highest BCUT2D eigenvalue weighted by molar-refractivity contribution is 7.12. The Morgan fingerprint density at radius 2 is 2.20 bits per heavy atom. The first kappa shape index (κ1) is 14.0. The van der Waals surface area contributed by atoms with Crippen LogP contribution in [0.2, 0.25) is 0 Å². The summed E-state index contributed by atoms with van der Waals surface area (Å²) >= 11 is 1.53. The summed E-state index contributed by atoms with van der Waals surface area (Å²) in [5.41, 5.74) is 1.07. The van der Waals surface area contributed by atoms with E-state index in [1.54, 1.807) is 0 Å². The van der Waals surface area contributed by atoms with Gasteiger partial charge >= 0.3 is 0 Å². The van der Waals surface area contributed by atoms with Crippen LogP contribution in [0.3, 0.4) is 0 Å². The summed E-state index contributed by atoms with van der Waals surface area (Å²) < 4.78 is 11.5. The van der Waals surface area contributed by atoms with E-state index in [-0.39, 0.29) is 11.8 Å². The van der Waals surface area contributed by atoms with Crippen LogP contribution >= 0.6 is 11.3 Å². The standard InChI is InChI=1S/C15H21NO3S/c1-11-5-9-20-13(11)14(17)16-6-3-4-12(10-16)15(2)18-7-8-19-15/h5,9,12H,3-4,6-8,10H2,1-2H3/t12-/m0/s1. The number of hydrogen-bond donors (Lipinski definition) is 0. The molecule has 3 rings (SSSR count). The number of carbonyl (C=O) groups excluding carboxylic acids is 1. The zero-order valence-electron chi connectivity index (χ0n) is 12.1. The Kier molecular flexibility index (Phi) is 3.84. The van der Waals surface area contributed by atoms with E-state index in [1.807, 2.05) is 30.2 Å². The second-order valence-corrected chi connectivity index (χ2v) is 6.65. The van der Waals surface area contributed by atoms with Gasteiger partial charge in [-0.3, -0.25) is 4.79 Å². The maximum absolute atomic E-state index is 12.6. The van der Waals surface area contributed by atoms with Crippen LogP contribution in [-0.2, 0) is 9.47 Å². The van der Waals surface area contributed by atoms with Crippen LogP contribution in [0.4, 0.5) is 0 Å². The molecular formula is C15H21NO3S. The van der Waals surface area contributed by atoms with Gasteiger partial charge in [0, 0.05) is 19.0 Å². The third kappa shape index (κ3) is 2.50. The number of ether oxygens (including phenoxy) is 2. The van der Waals surface area contributed by atoms with Crippen molar-refractivity contribution in [3.63, 3.8) is 0 Å². The van der Waals surface area contributed by atoms with Crippen molar-refractivity contribution in [2.24, 2.45) is 5.92 Å². The van der Waals surface area contributed by atoms with Gasteiger partial charge in [-0.1, -0.05) is 0 Å². The second kappa shape index (κ2) is 5.47. The van der Waals surface area contributed by atoms with E-state index in [0.29, 0.717) is 13.2 Å². The van der Waals surface area contributed by atoms with Crippen molar-refractivity contribution < 1.29 is 14.3 Å². The van der Waals surface area contributed by atoms with Gasteiger partial charge in [-0.25, -0.2) is 0 Å². The van der Waals surface area contributed by atoms with Gasteiger partial charge in [0.25, 0.3) is 5.91 Å². The van der Waals surface area contributed by atoms with Crippen LogP contribution in [0, 0.1) is 12.8 Å². The normalized spacial score (nSPS) is 25.9. The van der Waals surface area contributed by atoms with Crippen LogP contribution in [0.1, 0.15) is 35.0 Å². The lowest BCUT2D eigenvalue weighted by Crippen LogP contribution is -2.48. The SMILES string of the molecule is Cc1ccsc1C(=O)N1CCC[C@H](C2(C)OCCO2)C1. The summed E-state index contributed by atoms with van der Waals surface area (Å²) in [5, 5.41) is 1.98. The van der Waals surface area contributed by atoms with Gasteiger partial charge in [0.05, 0.1) is 18.1 Å². The third-order valence-corrected chi connectivity index (χ3v) is 5.37. The number of thiophene rings is 1. The van der Waals surface area contributed by atoms with Gasteiger partial charge in [-0.2, -0.15) is 0 Å². The van der Waals surface area contributed by atoms with Crippen molar-refractivity contribution in [1.82, 2.24) is 4.90 Å². The minimum absolute atomic E-state index is 0.156. The van der Waals surface area contributed by atoms with Gasteiger partial charge in [-0.05, 0) is 43.7 Å². The Balaban J connectivity index is 1.72. The molecule has 20 heavy (non-hydrogen) atoms. The van der Waals surface area contributed by atoms with Crippen molar-refractivity contribution in [1.29, 1.82) is 0 Å². The van der Waals surface area contributed by atoms with Crippen molar-refractivity contribution in [3.05, 3.63) is 21.9 Å². The van der Waals surface area contributed by atoms with E-state index in [1.165, 1.54) is 11.3 Å². The third-order valence-electron chi connectivity index (χ3n) is 4.37. The first-order valence-corrected chi connectivity index (χ1v) is 8.09. The fourth-order valence-electron chi connectivity index (χ4n) is 3.09. The van der Waals surface area contributed by atoms with Crippen molar-refractivity contribution in [3.8, 4) is 0 Å². The smallest absolute Gasteiger partial charge is 0.264 e. The van der Waals surface area contributed by atoms with Gasteiger partial charge in [0.2, 0.25) is 0 Å². The molecule has 4 nitrogen and oxygen atoms in total. The number of piperidine rings is 1. The predicted octanol–water partition coefficient (Wildman–Crippen LogP) is 2.67. The Bertz CT molecular complexity index is 493. The first-order chi connectivity index (χ1) is 9.60. The van der Waals surface area contributed by atoms with Crippen LogP contribution in [0.25, 0.3) is 0 Å². The highest BCUT2D eigenvalue weighted by Crippen LogP contribution is 2.34. The molecule has 0 aromatic carbocycles. The molecule has 110 valence electrons. The number of likely N-dealkylation sites (tertiary alicyclic amines) is 1. The highest BCUT2D eigenvalue weighted by atomic mass is 32.1. The summed E-state index contributed by atoms with van der Waals surface area (Å²) in [6.45, 7) is 6.89. The molecule has 2 saturated heterocycles. The van der Waals surface area contributed by atoms with Gasteiger partial charge in [-0.15, -0.1) is 11.3 Å². The van der Waals surface area contributed by atoms with Crippen LogP contribution in [0.5, 0.6) is 0 Å². The Labute approximate surface area is 123 Å². The molecule has 0 radical (unpaired) electrons. The molecule has 0 aliphatic carbocycles. The van der Waals surface area contributed by atoms with Crippen LogP contribution < -0.4 is 0 Å². The minimum atomic E-state index is -0.510. The number of amides is 1. The molecule has 0 unspecified atom stereocenters. The molecule has 0 spiro atoms. The van der Waals surface area contributed by atoms with E-state index in [0.717, 1.165) is 36.4 Å². The molecule has 1 aromatic heterocycles. The Morgan fingerprint density at radius 1 is 1.45 bits per heavy atom.